The van der Waals surface area contributed by atoms with Gasteiger partial charge in [-0.15, -0.1) is 22.3 Å². The first kappa shape index (κ1) is 62.0. The Balaban J connectivity index is 0.933. The van der Waals surface area contributed by atoms with Gasteiger partial charge in [-0.3, -0.25) is 9.59 Å². The Bertz CT molecular complexity index is 4740. The van der Waals surface area contributed by atoms with Crippen molar-refractivity contribution in [1.82, 2.24) is 18.9 Å². The largest absolute Gasteiger partial charge is 0.309 e. The molecule has 6 heterocycles. The van der Waals surface area contributed by atoms with Crippen LogP contribution in [-0.4, -0.2) is 53.6 Å². The minimum atomic E-state index is -0.289. The fraction of sp³-hybridized carbons (Fsp3) is 0.250. The second kappa shape index (κ2) is 28.7. The van der Waals surface area contributed by atoms with Crippen LogP contribution in [0.5, 0.6) is 0 Å². The highest BCUT2D eigenvalue weighted by Gasteiger charge is 2.49. The Kier molecular flexibility index (Phi) is 19.3. The molecule has 6 aromatic carbocycles. The summed E-state index contributed by atoms with van der Waals surface area (Å²) in [4.78, 5) is 37.5. The molecule has 0 N–H and O–H groups in total. The van der Waals surface area contributed by atoms with Crippen molar-refractivity contribution in [3.05, 3.63) is 219 Å². The highest BCUT2D eigenvalue weighted by atomic mass is 32.1. The second-order valence-electron chi connectivity index (χ2n) is 23.7. The minimum absolute atomic E-state index is 0.121. The van der Waals surface area contributed by atoms with E-state index >= 15 is 9.59 Å². The first-order chi connectivity index (χ1) is 45.3. The summed E-state index contributed by atoms with van der Waals surface area (Å²) in [6.07, 6.45) is 21.2. The Labute approximate surface area is 546 Å². The van der Waals surface area contributed by atoms with Crippen LogP contribution in [0.2, 0.25) is 0 Å². The zero-order valence-electron chi connectivity index (χ0n) is 52.1. The van der Waals surface area contributed by atoms with E-state index in [1.165, 1.54) is 78.0 Å². The fourth-order valence-corrected chi connectivity index (χ4v) is 15.4. The van der Waals surface area contributed by atoms with Crippen molar-refractivity contribution in [2.75, 3.05) is 13.1 Å². The highest BCUT2D eigenvalue weighted by molar-refractivity contribution is 8.00. The van der Waals surface area contributed by atoms with Gasteiger partial charge in [0.25, 0.3) is 11.8 Å². The number of hydrogen-bond donors (Lipinski definition) is 0. The Morgan fingerprint density at radius 3 is 1.30 bits per heavy atom. The number of hydrogen-bond acceptors (Lipinski definition) is 7. The number of aromatic nitrogens is 2. The van der Waals surface area contributed by atoms with Gasteiger partial charge in [-0.1, -0.05) is 201 Å². The zero-order chi connectivity index (χ0) is 63.5. The average molecular weight is 1240 g/mol. The third-order valence-corrected chi connectivity index (χ3v) is 19.9. The molecule has 0 bridgehead atoms. The lowest BCUT2D eigenvalue weighted by Gasteiger charge is -2.24. The van der Waals surface area contributed by atoms with E-state index in [4.69, 9.17) is 0 Å². The van der Waals surface area contributed by atoms with Crippen molar-refractivity contribution < 1.29 is 9.59 Å². The molecule has 3 aliphatic heterocycles. The fourth-order valence-electron chi connectivity index (χ4n) is 13.3. The van der Waals surface area contributed by atoms with E-state index in [9.17, 15) is 21.0 Å². The van der Waals surface area contributed by atoms with Gasteiger partial charge in [-0.2, -0.15) is 21.0 Å². The Hall–Kier alpha value is -10.3. The molecular weight excluding hydrogens is 1170 g/mol. The standard InChI is InChI=1S/C80H70N8O2S2/c1-3-5-7-9-11-13-15-25-49-85-77(71-46-45-61(91-71)44-37-55-35-40-59(41-36-55)87-66-31-21-17-27-62(66)63-28-18-22-32-67(63)87)75-76(80(85)90)78(86(79(75)89)50-26-16-14-12-10-8-6-4-2)72-48-47-70(92-72)74(58(53-83)54-84)73(57(51-81)52-82)56-38-42-60(43-39-56)88-68-33-23-19-29-64(68)65-30-20-24-34-69(65)88/h17-24,27-36,38-43,45-48H,3-16,25-26,49-50H2,1-2H3. The predicted octanol–water partition coefficient (Wildman–Crippen LogP) is 18.9. The number of carbonyl (C=O) groups excluding carboxylic acids is 2. The molecule has 10 nitrogen and oxygen atoms in total. The molecule has 3 aromatic heterocycles. The first-order valence-electron chi connectivity index (χ1n) is 32.4. The van der Waals surface area contributed by atoms with Crippen LogP contribution in [0.1, 0.15) is 137 Å². The number of allylic oxidation sites excluding steroid dienone is 6. The van der Waals surface area contributed by atoms with Crippen LogP contribution in [0.3, 0.4) is 0 Å². The summed E-state index contributed by atoms with van der Waals surface area (Å²) < 4.78 is 4.45. The van der Waals surface area contributed by atoms with Crippen LogP contribution in [0.15, 0.2) is 198 Å². The van der Waals surface area contributed by atoms with Gasteiger partial charge in [0.1, 0.15) is 35.4 Å². The molecule has 2 amide bonds. The highest BCUT2D eigenvalue weighted by Crippen LogP contribution is 2.49. The lowest BCUT2D eigenvalue weighted by atomic mass is 9.89. The summed E-state index contributed by atoms with van der Waals surface area (Å²) in [5.41, 5.74) is 8.96. The number of carbonyl (C=O) groups is 2. The van der Waals surface area contributed by atoms with Crippen LogP contribution in [0.25, 0.3) is 71.8 Å². The average Bonchev–Trinajstić information content (AvgIpc) is 1.56. The van der Waals surface area contributed by atoms with Gasteiger partial charge in [0.2, 0.25) is 0 Å². The Morgan fingerprint density at radius 2 is 0.837 bits per heavy atom. The molecule has 92 heavy (non-hydrogen) atoms. The van der Waals surface area contributed by atoms with Gasteiger partial charge in [-0.25, -0.2) is 0 Å². The third kappa shape index (κ3) is 12.3. The van der Waals surface area contributed by atoms with Gasteiger partial charge in [-0.05, 0) is 103 Å². The predicted molar refractivity (Wildman–Crippen MR) is 378 cm³/mol. The molecule has 9 aromatic rings. The number of unbranched alkanes of at least 4 members (excludes halogenated alkanes) is 14. The summed E-state index contributed by atoms with van der Waals surface area (Å²) >= 11 is 1.24. The number of nitriles is 4. The van der Waals surface area contributed by atoms with Gasteiger partial charge < -0.3 is 18.9 Å². The maximum absolute atomic E-state index is 15.7. The molecule has 454 valence electrons. The summed E-state index contributed by atoms with van der Waals surface area (Å²) in [5.74, 6) is 6.33. The van der Waals surface area contributed by atoms with Gasteiger partial charge in [0.15, 0.2) is 0 Å². The van der Waals surface area contributed by atoms with Crippen LogP contribution >= 0.6 is 22.3 Å². The van der Waals surface area contributed by atoms with Crippen LogP contribution in [0, 0.1) is 57.2 Å². The van der Waals surface area contributed by atoms with E-state index < -0.39 is 0 Å². The maximum Gasteiger partial charge on any atom is 0.261 e. The normalized spacial score (nSPS) is 13.5. The SMILES string of the molecule is CCCCCCCCCCN1C(=O)C2=C(c3ccc(C(=C(C#N)C#N)C(=C(C#N)C#N)c4ccc(-n5c6ccccc6c6ccccc65)cc4)s3)N(CCCCCCCCCC)C(=O)C2=C1C1=S=C(C#Cc2ccc(-n3c4ccccc4c4ccccc43)cc2)C=C1. The Morgan fingerprint density at radius 1 is 0.424 bits per heavy atom. The lowest BCUT2D eigenvalue weighted by molar-refractivity contribution is -0.124. The molecule has 3 aliphatic rings. The summed E-state index contributed by atoms with van der Waals surface area (Å²) in [6, 6.07) is 61.1. The number of fused-ring (bicyclic) bond motifs is 7. The lowest BCUT2D eigenvalue weighted by Crippen LogP contribution is -2.33. The summed E-state index contributed by atoms with van der Waals surface area (Å²) in [6.45, 7) is 5.24. The van der Waals surface area contributed by atoms with Crippen LogP contribution < -0.4 is 0 Å². The molecule has 0 saturated heterocycles. The molecule has 12 heteroatoms. The molecule has 0 radical (unpaired) electrons. The van der Waals surface area contributed by atoms with Crippen molar-refractivity contribution in [3.8, 4) is 47.5 Å². The van der Waals surface area contributed by atoms with E-state index in [-0.39, 0.29) is 34.1 Å². The van der Waals surface area contributed by atoms with Crippen molar-refractivity contribution in [3.63, 3.8) is 0 Å². The van der Waals surface area contributed by atoms with Gasteiger partial charge >= 0.3 is 0 Å². The van der Waals surface area contributed by atoms with Crippen molar-refractivity contribution >= 4 is 104 Å². The molecule has 0 aliphatic carbocycles. The van der Waals surface area contributed by atoms with E-state index in [0.717, 1.165) is 117 Å². The number of thiophene rings is 1. The van der Waals surface area contributed by atoms with Gasteiger partial charge in [0, 0.05) is 67.6 Å². The number of para-hydroxylation sites is 4. The summed E-state index contributed by atoms with van der Waals surface area (Å²) in [5, 5.41) is 47.5. The quantitative estimate of drug-likeness (QED) is 0.0183. The first-order valence-corrected chi connectivity index (χ1v) is 34.1. The van der Waals surface area contributed by atoms with E-state index in [0.29, 0.717) is 50.9 Å². The van der Waals surface area contributed by atoms with Crippen LogP contribution in [0.4, 0.5) is 0 Å². The molecule has 0 unspecified atom stereocenters. The smallest absolute Gasteiger partial charge is 0.261 e. The molecule has 0 fully saturated rings. The minimum Gasteiger partial charge on any atom is -0.309 e. The van der Waals surface area contributed by atoms with Gasteiger partial charge in [0.05, 0.1) is 59.2 Å². The number of nitrogens with zero attached hydrogens (tertiary/aromatic N) is 8. The van der Waals surface area contributed by atoms with Crippen molar-refractivity contribution in [2.24, 2.45) is 0 Å². The number of rotatable bonds is 25. The van der Waals surface area contributed by atoms with E-state index in [2.05, 4.69) is 144 Å². The molecule has 0 atom stereocenters. The topological polar surface area (TPSA) is 146 Å². The molecule has 12 rings (SSSR count). The number of benzene rings is 6. The van der Waals surface area contributed by atoms with E-state index in [1.54, 1.807) is 11.0 Å². The van der Waals surface area contributed by atoms with E-state index in [1.807, 2.05) is 83.8 Å². The van der Waals surface area contributed by atoms with Crippen molar-refractivity contribution in [1.29, 1.82) is 21.0 Å². The maximum atomic E-state index is 15.7. The molecule has 0 spiro atoms. The zero-order valence-corrected chi connectivity index (χ0v) is 53.7. The molecular formula is C80H70N8O2S2. The third-order valence-electron chi connectivity index (χ3n) is 17.8. The summed E-state index contributed by atoms with van der Waals surface area (Å²) in [7, 11) is 1.47. The molecule has 0 saturated carbocycles. The number of amides is 2. The monoisotopic (exact) mass is 1240 g/mol. The second-order valence-corrected chi connectivity index (χ2v) is 25.8. The van der Waals surface area contributed by atoms with Crippen molar-refractivity contribution in [2.45, 2.75) is 117 Å². The van der Waals surface area contributed by atoms with Crippen LogP contribution in [-0.2, 0) is 9.59 Å².